The van der Waals surface area contributed by atoms with Crippen molar-refractivity contribution < 1.29 is 0 Å². The first-order valence-corrected chi connectivity index (χ1v) is 19.0. The maximum atomic E-state index is 2.70. The van der Waals surface area contributed by atoms with Crippen molar-refractivity contribution >= 4 is 78.2 Å². The summed E-state index contributed by atoms with van der Waals surface area (Å²) in [4.78, 5) is 2.62. The topological polar surface area (TPSA) is 8.17 Å². The molecule has 10 aromatic rings. The van der Waals surface area contributed by atoms with Gasteiger partial charge < -0.3 is 9.38 Å². The Kier molecular flexibility index (Phi) is 5.42. The van der Waals surface area contributed by atoms with Crippen LogP contribution in [0.2, 0.25) is 0 Å². The summed E-state index contributed by atoms with van der Waals surface area (Å²) in [5, 5.41) is 7.81. The Morgan fingerprint density at radius 2 is 1.11 bits per heavy atom. The van der Waals surface area contributed by atoms with Crippen LogP contribution in [0, 0.1) is 0 Å². The van der Waals surface area contributed by atoms with Crippen LogP contribution in [-0.4, -0.2) is 11.3 Å². The fraction of sp³-hybridized carbons (Fsp3) is 0.0196. The first-order valence-electron chi connectivity index (χ1n) is 19.0. The molecule has 13 rings (SSSR count). The molecule has 3 aliphatic heterocycles. The van der Waals surface area contributed by atoms with Crippen LogP contribution in [0.15, 0.2) is 188 Å². The highest BCUT2D eigenvalue weighted by Gasteiger charge is 2.52. The summed E-state index contributed by atoms with van der Waals surface area (Å²) in [6, 6.07) is 70.8. The Bertz CT molecular complexity index is 3190. The van der Waals surface area contributed by atoms with E-state index in [0.29, 0.717) is 0 Å². The molecule has 0 bridgehead atoms. The summed E-state index contributed by atoms with van der Waals surface area (Å²) >= 11 is 0. The lowest BCUT2D eigenvalue weighted by Crippen LogP contribution is -2.58. The van der Waals surface area contributed by atoms with Crippen molar-refractivity contribution in [3.63, 3.8) is 0 Å². The second-order valence-corrected chi connectivity index (χ2v) is 15.1. The summed E-state index contributed by atoms with van der Waals surface area (Å²) < 4.78 is 2.70. The quantitative estimate of drug-likeness (QED) is 0.165. The maximum Gasteiger partial charge on any atom is 0.333 e. The normalized spacial score (nSPS) is 14.4. The fourth-order valence-corrected chi connectivity index (χ4v) is 10.9. The lowest BCUT2D eigenvalue weighted by Gasteiger charge is -2.50. The molecule has 3 heteroatoms. The molecular weight excluding hydrogens is 651 g/mol. The monoisotopic (exact) mass is 682 g/mol. The Hall–Kier alpha value is -6.84. The van der Waals surface area contributed by atoms with Crippen molar-refractivity contribution in [2.24, 2.45) is 0 Å². The molecule has 0 saturated carbocycles. The first-order chi connectivity index (χ1) is 26.8. The Morgan fingerprint density at radius 3 is 1.93 bits per heavy atom. The van der Waals surface area contributed by atoms with Crippen LogP contribution in [0.4, 0.5) is 17.1 Å². The summed E-state index contributed by atoms with van der Waals surface area (Å²) in [7, 11) is 0. The van der Waals surface area contributed by atoms with Crippen LogP contribution in [0.3, 0.4) is 0 Å². The predicted octanol–water partition coefficient (Wildman–Crippen LogP) is 11.2. The third-order valence-corrected chi connectivity index (χ3v) is 12.8. The minimum atomic E-state index is -0.533. The van der Waals surface area contributed by atoms with Crippen molar-refractivity contribution in [3.05, 3.63) is 210 Å². The number of fused-ring (bicyclic) bond motifs is 13. The molecule has 0 amide bonds. The molecule has 0 spiro atoms. The Balaban J connectivity index is 1.26. The summed E-state index contributed by atoms with van der Waals surface area (Å²) in [5.41, 5.74) is 16.4. The third kappa shape index (κ3) is 3.31. The molecular formula is C51H31BN2. The molecule has 248 valence electrons. The number of benzene rings is 9. The van der Waals surface area contributed by atoms with Gasteiger partial charge in [0.2, 0.25) is 0 Å². The molecule has 0 fully saturated rings. The number of anilines is 3. The number of rotatable bonds is 2. The van der Waals surface area contributed by atoms with E-state index in [-0.39, 0.29) is 6.85 Å². The molecule has 1 aromatic heterocycles. The maximum absolute atomic E-state index is 2.70. The zero-order valence-corrected chi connectivity index (χ0v) is 29.4. The lowest BCUT2D eigenvalue weighted by atomic mass is 9.43. The lowest BCUT2D eigenvalue weighted by molar-refractivity contribution is 0.732. The van der Waals surface area contributed by atoms with Gasteiger partial charge in [-0.25, -0.2) is 0 Å². The standard InChI is InChI=1S/C51H31BN2/c1-3-17-34(18-4-1)51(35-19-5-2-6-20-35)40-25-11-12-28-43(40)53-45-31-33-16-8-10-22-37(33)47-39-24-13-23-38-46-36-21-9-7-15-32(36)29-30-44(46)54(49(38)39)52(48(45)47)42-27-14-26-41(51)50(42)53/h1-31H. The smallest absolute Gasteiger partial charge is 0.333 e. The Morgan fingerprint density at radius 1 is 0.463 bits per heavy atom. The number of hydrogen-bond acceptors (Lipinski definition) is 1. The van der Waals surface area contributed by atoms with Crippen LogP contribution in [0.5, 0.6) is 0 Å². The third-order valence-electron chi connectivity index (χ3n) is 12.8. The van der Waals surface area contributed by atoms with E-state index < -0.39 is 5.41 Å². The SMILES string of the molecule is c1ccc(C2(c3ccccc3)c3ccccc3N3c4cc5ccccc5c5c4B(c4cccc2c43)n2c3ccc4ccccc4c3c3cccc-5c32)cc1. The molecule has 3 aliphatic rings. The second kappa shape index (κ2) is 10.2. The van der Waals surface area contributed by atoms with Gasteiger partial charge in [-0.3, -0.25) is 0 Å². The molecule has 4 heterocycles. The van der Waals surface area contributed by atoms with Crippen molar-refractivity contribution in [1.82, 2.24) is 4.48 Å². The van der Waals surface area contributed by atoms with Crippen molar-refractivity contribution in [3.8, 4) is 11.1 Å². The summed E-state index contributed by atoms with van der Waals surface area (Å²) in [6.45, 7) is -0.0311. The number of nitrogens with zero attached hydrogens (tertiary/aromatic N) is 2. The van der Waals surface area contributed by atoms with Crippen LogP contribution in [-0.2, 0) is 5.41 Å². The zero-order valence-electron chi connectivity index (χ0n) is 29.4. The van der Waals surface area contributed by atoms with Gasteiger partial charge in [-0.1, -0.05) is 170 Å². The molecule has 0 N–H and O–H groups in total. The first kappa shape index (κ1) is 28.7. The molecule has 0 saturated heterocycles. The van der Waals surface area contributed by atoms with Crippen LogP contribution in [0.25, 0.3) is 54.5 Å². The van der Waals surface area contributed by atoms with Gasteiger partial charge >= 0.3 is 6.85 Å². The molecule has 0 atom stereocenters. The summed E-state index contributed by atoms with van der Waals surface area (Å²) in [5.74, 6) is 0. The van der Waals surface area contributed by atoms with E-state index in [1.165, 1.54) is 105 Å². The minimum Gasteiger partial charge on any atom is -0.375 e. The van der Waals surface area contributed by atoms with E-state index in [1.807, 2.05) is 0 Å². The number of aromatic nitrogens is 1. The van der Waals surface area contributed by atoms with Crippen LogP contribution >= 0.6 is 0 Å². The van der Waals surface area contributed by atoms with Gasteiger partial charge in [0.15, 0.2) is 0 Å². The molecule has 2 nitrogen and oxygen atoms in total. The van der Waals surface area contributed by atoms with E-state index in [1.54, 1.807) is 0 Å². The molecule has 0 unspecified atom stereocenters. The van der Waals surface area contributed by atoms with Gasteiger partial charge in [0.25, 0.3) is 0 Å². The molecule has 0 aliphatic carbocycles. The largest absolute Gasteiger partial charge is 0.375 e. The number of hydrogen-bond donors (Lipinski definition) is 0. The minimum absolute atomic E-state index is 0.0311. The Labute approximate surface area is 313 Å². The summed E-state index contributed by atoms with van der Waals surface area (Å²) in [6.07, 6.45) is 0. The second-order valence-electron chi connectivity index (χ2n) is 15.1. The molecule has 54 heavy (non-hydrogen) atoms. The highest BCUT2D eigenvalue weighted by atomic mass is 15.2. The highest BCUT2D eigenvalue weighted by molar-refractivity contribution is 6.90. The number of para-hydroxylation sites is 3. The molecule has 9 aromatic carbocycles. The predicted molar refractivity (Wildman–Crippen MR) is 227 cm³/mol. The molecule has 0 radical (unpaired) electrons. The van der Waals surface area contributed by atoms with E-state index in [2.05, 4.69) is 197 Å². The van der Waals surface area contributed by atoms with E-state index >= 15 is 0 Å². The zero-order chi connectivity index (χ0) is 35.1. The average Bonchev–Trinajstić information content (AvgIpc) is 3.59. The van der Waals surface area contributed by atoms with Crippen molar-refractivity contribution in [1.29, 1.82) is 0 Å². The van der Waals surface area contributed by atoms with E-state index in [0.717, 1.165) is 0 Å². The van der Waals surface area contributed by atoms with Crippen LogP contribution in [0.1, 0.15) is 22.3 Å². The van der Waals surface area contributed by atoms with Crippen molar-refractivity contribution in [2.75, 3.05) is 4.90 Å². The van der Waals surface area contributed by atoms with Gasteiger partial charge in [-0.2, -0.15) is 0 Å². The van der Waals surface area contributed by atoms with Gasteiger partial charge in [0.1, 0.15) is 0 Å². The average molecular weight is 683 g/mol. The highest BCUT2D eigenvalue weighted by Crippen LogP contribution is 2.59. The van der Waals surface area contributed by atoms with Gasteiger partial charge in [-0.05, 0) is 78.5 Å². The van der Waals surface area contributed by atoms with Gasteiger partial charge in [0.05, 0.1) is 11.1 Å². The van der Waals surface area contributed by atoms with Gasteiger partial charge in [-0.15, -0.1) is 0 Å². The van der Waals surface area contributed by atoms with E-state index in [4.69, 9.17) is 0 Å². The fourth-order valence-electron chi connectivity index (χ4n) is 10.9. The van der Waals surface area contributed by atoms with E-state index in [9.17, 15) is 0 Å². The van der Waals surface area contributed by atoms with Crippen LogP contribution < -0.4 is 15.8 Å². The van der Waals surface area contributed by atoms with Crippen molar-refractivity contribution in [2.45, 2.75) is 5.41 Å². The van der Waals surface area contributed by atoms with Gasteiger partial charge in [0, 0.05) is 38.7 Å².